The summed E-state index contributed by atoms with van der Waals surface area (Å²) >= 11 is 0. The molecule has 5 nitrogen and oxygen atoms in total. The molecule has 1 aliphatic carbocycles. The van der Waals surface area contributed by atoms with Gasteiger partial charge < -0.3 is 4.74 Å². The molecule has 3 unspecified atom stereocenters. The van der Waals surface area contributed by atoms with E-state index in [0.717, 1.165) is 24.8 Å². The molecule has 1 aromatic rings. The fourth-order valence-corrected chi connectivity index (χ4v) is 2.95. The number of nitrogens with zero attached hydrogens (tertiary/aromatic N) is 1. The minimum Gasteiger partial charge on any atom is -0.458 e. The Morgan fingerprint density at radius 2 is 1.95 bits per heavy atom. The van der Waals surface area contributed by atoms with Gasteiger partial charge in [-0.3, -0.25) is 10.1 Å². The maximum atomic E-state index is 12.2. The van der Waals surface area contributed by atoms with E-state index in [0.29, 0.717) is 11.5 Å². The van der Waals surface area contributed by atoms with E-state index in [9.17, 15) is 14.9 Å². The lowest BCUT2D eigenvalue weighted by Gasteiger charge is -2.34. The molecule has 1 fully saturated rings. The Kier molecular flexibility index (Phi) is 4.96. The van der Waals surface area contributed by atoms with Crippen molar-refractivity contribution in [2.75, 3.05) is 0 Å². The summed E-state index contributed by atoms with van der Waals surface area (Å²) in [5.74, 6) is 0.281. The SMILES string of the molecule is C=C(C)C1CCC(C)CC1OC(=O)c1ccc([N+](=O)[O-])cc1. The highest BCUT2D eigenvalue weighted by Gasteiger charge is 2.32. The van der Waals surface area contributed by atoms with Crippen molar-refractivity contribution in [1.29, 1.82) is 0 Å². The first-order chi connectivity index (χ1) is 10.4. The van der Waals surface area contributed by atoms with Crippen LogP contribution in [-0.2, 0) is 4.74 Å². The lowest BCUT2D eigenvalue weighted by molar-refractivity contribution is -0.384. The van der Waals surface area contributed by atoms with Crippen LogP contribution in [0.1, 0.15) is 43.5 Å². The van der Waals surface area contributed by atoms with Crippen LogP contribution in [0, 0.1) is 22.0 Å². The summed E-state index contributed by atoms with van der Waals surface area (Å²) in [6.45, 7) is 8.12. The van der Waals surface area contributed by atoms with E-state index in [4.69, 9.17) is 4.74 Å². The van der Waals surface area contributed by atoms with Gasteiger partial charge >= 0.3 is 5.97 Å². The number of hydrogen-bond acceptors (Lipinski definition) is 4. The Morgan fingerprint density at radius 1 is 1.32 bits per heavy atom. The molecule has 1 aromatic carbocycles. The van der Waals surface area contributed by atoms with Crippen LogP contribution in [0.4, 0.5) is 5.69 Å². The van der Waals surface area contributed by atoms with E-state index in [1.54, 1.807) is 0 Å². The molecule has 3 atom stereocenters. The molecule has 0 aliphatic heterocycles. The number of carbonyl (C=O) groups excluding carboxylic acids is 1. The molecule has 0 heterocycles. The van der Waals surface area contributed by atoms with E-state index in [1.807, 2.05) is 6.92 Å². The number of nitro groups is 1. The van der Waals surface area contributed by atoms with Crippen LogP contribution in [0.25, 0.3) is 0 Å². The standard InChI is InChI=1S/C17H21NO4/c1-11(2)15-9-4-12(3)10-16(15)22-17(19)13-5-7-14(8-6-13)18(20)21/h5-8,12,15-16H,1,4,9-10H2,2-3H3. The van der Waals surface area contributed by atoms with Gasteiger partial charge in [0.1, 0.15) is 6.10 Å². The summed E-state index contributed by atoms with van der Waals surface area (Å²) in [4.78, 5) is 22.4. The second-order valence-corrected chi connectivity index (χ2v) is 6.12. The highest BCUT2D eigenvalue weighted by molar-refractivity contribution is 5.89. The van der Waals surface area contributed by atoms with Gasteiger partial charge in [-0.2, -0.15) is 0 Å². The van der Waals surface area contributed by atoms with Gasteiger partial charge in [0.15, 0.2) is 0 Å². The highest BCUT2D eigenvalue weighted by atomic mass is 16.6. The smallest absolute Gasteiger partial charge is 0.338 e. The molecule has 0 saturated heterocycles. The minimum absolute atomic E-state index is 0.0392. The van der Waals surface area contributed by atoms with Crippen LogP contribution in [0.2, 0.25) is 0 Å². The Bertz CT molecular complexity index is 579. The minimum atomic E-state index is -0.491. The number of rotatable bonds is 4. The first kappa shape index (κ1) is 16.2. The average molecular weight is 303 g/mol. The fourth-order valence-electron chi connectivity index (χ4n) is 2.95. The average Bonchev–Trinajstić information content (AvgIpc) is 2.47. The molecule has 0 N–H and O–H groups in total. The van der Waals surface area contributed by atoms with Gasteiger partial charge in [-0.15, -0.1) is 0 Å². The maximum Gasteiger partial charge on any atom is 0.338 e. The predicted molar refractivity (Wildman–Crippen MR) is 83.6 cm³/mol. The molecule has 118 valence electrons. The fraction of sp³-hybridized carbons (Fsp3) is 0.471. The van der Waals surface area contributed by atoms with Crippen LogP contribution in [-0.4, -0.2) is 17.0 Å². The summed E-state index contributed by atoms with van der Waals surface area (Å²) in [5, 5.41) is 10.6. The highest BCUT2D eigenvalue weighted by Crippen LogP contribution is 2.35. The van der Waals surface area contributed by atoms with Gasteiger partial charge in [-0.1, -0.05) is 19.1 Å². The maximum absolute atomic E-state index is 12.2. The molecule has 1 saturated carbocycles. The monoisotopic (exact) mass is 303 g/mol. The molecule has 22 heavy (non-hydrogen) atoms. The van der Waals surface area contributed by atoms with Crippen LogP contribution in [0.15, 0.2) is 36.4 Å². The van der Waals surface area contributed by atoms with Crippen LogP contribution >= 0.6 is 0 Å². The molecule has 0 radical (unpaired) electrons. The number of nitro benzene ring substituents is 1. The third-order valence-electron chi connectivity index (χ3n) is 4.26. The van der Waals surface area contributed by atoms with Crippen molar-refractivity contribution in [2.24, 2.45) is 11.8 Å². The molecule has 0 aromatic heterocycles. The molecular weight excluding hydrogens is 282 g/mol. The third kappa shape index (κ3) is 3.72. The summed E-state index contributed by atoms with van der Waals surface area (Å²) in [7, 11) is 0. The lowest BCUT2D eigenvalue weighted by atomic mass is 9.77. The largest absolute Gasteiger partial charge is 0.458 e. The van der Waals surface area contributed by atoms with E-state index in [2.05, 4.69) is 13.5 Å². The Morgan fingerprint density at radius 3 is 2.50 bits per heavy atom. The Balaban J connectivity index is 2.08. The van der Waals surface area contributed by atoms with Crippen molar-refractivity contribution in [3.05, 3.63) is 52.1 Å². The van der Waals surface area contributed by atoms with Gasteiger partial charge in [-0.25, -0.2) is 4.79 Å². The van der Waals surface area contributed by atoms with Crippen molar-refractivity contribution in [3.63, 3.8) is 0 Å². The van der Waals surface area contributed by atoms with Crippen molar-refractivity contribution >= 4 is 11.7 Å². The van der Waals surface area contributed by atoms with Gasteiger partial charge in [0, 0.05) is 18.1 Å². The first-order valence-electron chi connectivity index (χ1n) is 7.49. The van der Waals surface area contributed by atoms with E-state index >= 15 is 0 Å². The Labute approximate surface area is 130 Å². The van der Waals surface area contributed by atoms with Gasteiger partial charge in [0.25, 0.3) is 5.69 Å². The summed E-state index contributed by atoms with van der Waals surface area (Å²) in [5.41, 5.74) is 1.33. The zero-order valence-electron chi connectivity index (χ0n) is 13.0. The van der Waals surface area contributed by atoms with Crippen molar-refractivity contribution in [1.82, 2.24) is 0 Å². The number of benzene rings is 1. The van der Waals surface area contributed by atoms with Crippen molar-refractivity contribution < 1.29 is 14.5 Å². The Hall–Kier alpha value is -2.17. The second-order valence-electron chi connectivity index (χ2n) is 6.12. The van der Waals surface area contributed by atoms with Crippen LogP contribution in [0.3, 0.4) is 0 Å². The second kappa shape index (κ2) is 6.73. The van der Waals surface area contributed by atoms with Gasteiger partial charge in [0.05, 0.1) is 10.5 Å². The zero-order valence-corrected chi connectivity index (χ0v) is 13.0. The molecule has 2 rings (SSSR count). The quantitative estimate of drug-likeness (QED) is 0.363. The normalized spacial score (nSPS) is 24.5. The summed E-state index contributed by atoms with van der Waals surface area (Å²) < 4.78 is 5.65. The van der Waals surface area contributed by atoms with Crippen LogP contribution < -0.4 is 0 Å². The topological polar surface area (TPSA) is 69.4 Å². The zero-order chi connectivity index (χ0) is 16.3. The summed E-state index contributed by atoms with van der Waals surface area (Å²) in [6.07, 6.45) is 2.76. The molecule has 0 spiro atoms. The lowest BCUT2D eigenvalue weighted by Crippen LogP contribution is -2.33. The molecule has 1 aliphatic rings. The van der Waals surface area contributed by atoms with E-state index < -0.39 is 10.9 Å². The van der Waals surface area contributed by atoms with Crippen LogP contribution in [0.5, 0.6) is 0 Å². The van der Waals surface area contributed by atoms with E-state index in [-0.39, 0.29) is 17.7 Å². The third-order valence-corrected chi connectivity index (χ3v) is 4.26. The van der Waals surface area contributed by atoms with Crippen molar-refractivity contribution in [2.45, 2.75) is 39.2 Å². The number of ether oxygens (including phenoxy) is 1. The van der Waals surface area contributed by atoms with Crippen molar-refractivity contribution in [3.8, 4) is 0 Å². The number of carbonyl (C=O) groups is 1. The number of hydrogen-bond donors (Lipinski definition) is 0. The van der Waals surface area contributed by atoms with E-state index in [1.165, 1.54) is 24.3 Å². The number of esters is 1. The molecule has 0 amide bonds. The molecule has 5 heteroatoms. The van der Waals surface area contributed by atoms with Gasteiger partial charge in [-0.05, 0) is 44.2 Å². The predicted octanol–water partition coefficient (Wildman–Crippen LogP) is 4.13. The molecular formula is C17H21NO4. The first-order valence-corrected chi connectivity index (χ1v) is 7.49. The summed E-state index contributed by atoms with van der Waals surface area (Å²) in [6, 6.07) is 5.50. The molecule has 0 bridgehead atoms. The number of non-ortho nitro benzene ring substituents is 1. The van der Waals surface area contributed by atoms with Gasteiger partial charge in [0.2, 0.25) is 0 Å².